The number of thiazole rings is 1. The quantitative estimate of drug-likeness (QED) is 0.717. The van der Waals surface area contributed by atoms with Crippen molar-refractivity contribution in [2.45, 2.75) is 13.0 Å². The third kappa shape index (κ3) is 3.36. The Morgan fingerprint density at radius 3 is 3.00 bits per heavy atom. The van der Waals surface area contributed by atoms with Crippen molar-refractivity contribution in [1.82, 2.24) is 14.8 Å². The van der Waals surface area contributed by atoms with E-state index in [0.717, 1.165) is 54.9 Å². The second-order valence-electron chi connectivity index (χ2n) is 6.09. The van der Waals surface area contributed by atoms with Crippen molar-refractivity contribution in [3.63, 3.8) is 0 Å². The smallest absolute Gasteiger partial charge is 0.253 e. The molecule has 0 unspecified atom stereocenters. The molecule has 0 bridgehead atoms. The summed E-state index contributed by atoms with van der Waals surface area (Å²) in [5.74, 6) is 0.141. The Bertz CT molecular complexity index is 828. The van der Waals surface area contributed by atoms with Crippen molar-refractivity contribution in [2.75, 3.05) is 26.2 Å². The van der Waals surface area contributed by atoms with Crippen molar-refractivity contribution >= 4 is 38.8 Å². The number of hydrogen-bond acceptors (Lipinski definition) is 5. The fourth-order valence-electron chi connectivity index (χ4n) is 3.14. The van der Waals surface area contributed by atoms with Crippen LogP contribution in [0.2, 0.25) is 0 Å². The average molecular weight is 358 g/mol. The highest BCUT2D eigenvalue weighted by atomic mass is 32.1. The molecule has 3 heterocycles. The van der Waals surface area contributed by atoms with Gasteiger partial charge < -0.3 is 4.90 Å². The largest absolute Gasteiger partial charge is 0.337 e. The van der Waals surface area contributed by atoms with Gasteiger partial charge in [0, 0.05) is 38.3 Å². The summed E-state index contributed by atoms with van der Waals surface area (Å²) in [5.41, 5.74) is 4.94. The molecule has 2 aromatic heterocycles. The Morgan fingerprint density at radius 1 is 1.17 bits per heavy atom. The van der Waals surface area contributed by atoms with E-state index in [1.807, 2.05) is 28.6 Å². The fourth-order valence-corrected chi connectivity index (χ4v) is 4.52. The van der Waals surface area contributed by atoms with E-state index < -0.39 is 0 Å². The Balaban J connectivity index is 1.43. The Labute approximate surface area is 149 Å². The molecule has 3 aromatic rings. The molecular formula is C18H19N3OS2. The number of hydrogen-bond donors (Lipinski definition) is 0. The van der Waals surface area contributed by atoms with Gasteiger partial charge in [-0.25, -0.2) is 4.98 Å². The molecule has 0 aliphatic carbocycles. The molecular weight excluding hydrogens is 338 g/mol. The van der Waals surface area contributed by atoms with Gasteiger partial charge in [0.25, 0.3) is 5.91 Å². The Hall–Kier alpha value is -1.76. The van der Waals surface area contributed by atoms with Crippen molar-refractivity contribution in [3.8, 4) is 0 Å². The van der Waals surface area contributed by atoms with E-state index in [1.54, 1.807) is 22.7 Å². The summed E-state index contributed by atoms with van der Waals surface area (Å²) < 4.78 is 1.08. The van der Waals surface area contributed by atoms with E-state index in [4.69, 9.17) is 0 Å². The molecule has 1 fully saturated rings. The molecule has 1 aromatic carbocycles. The van der Waals surface area contributed by atoms with E-state index in [2.05, 4.69) is 26.7 Å². The summed E-state index contributed by atoms with van der Waals surface area (Å²) in [6, 6.07) is 8.00. The highest BCUT2D eigenvalue weighted by Gasteiger charge is 2.20. The molecule has 4 nitrogen and oxygen atoms in total. The second kappa shape index (κ2) is 7.01. The number of rotatable bonds is 3. The summed E-state index contributed by atoms with van der Waals surface area (Å²) in [6.07, 6.45) is 1.03. The maximum Gasteiger partial charge on any atom is 0.253 e. The number of carbonyl (C=O) groups is 1. The monoisotopic (exact) mass is 357 g/mol. The number of benzene rings is 1. The highest BCUT2D eigenvalue weighted by molar-refractivity contribution is 7.16. The van der Waals surface area contributed by atoms with Gasteiger partial charge >= 0.3 is 0 Å². The van der Waals surface area contributed by atoms with Gasteiger partial charge in [0.05, 0.1) is 15.7 Å². The van der Waals surface area contributed by atoms with Gasteiger partial charge in [-0.3, -0.25) is 9.69 Å². The molecule has 0 atom stereocenters. The van der Waals surface area contributed by atoms with Crippen molar-refractivity contribution < 1.29 is 4.79 Å². The molecule has 0 saturated carbocycles. The number of carbonyl (C=O) groups excluding carboxylic acids is 1. The van der Waals surface area contributed by atoms with Gasteiger partial charge in [-0.1, -0.05) is 0 Å². The standard InChI is InChI=1S/C18H19N3OS2/c22-18(15-2-3-16-17(10-15)24-13-19-16)21-6-1-5-20(7-8-21)11-14-4-9-23-12-14/h2-4,9-10,12-13H,1,5-8,11H2. The fraction of sp³-hybridized carbons (Fsp3) is 0.333. The highest BCUT2D eigenvalue weighted by Crippen LogP contribution is 2.20. The van der Waals surface area contributed by atoms with Gasteiger partial charge in [0.1, 0.15) is 0 Å². The molecule has 1 amide bonds. The molecule has 0 radical (unpaired) electrons. The number of aromatic nitrogens is 1. The summed E-state index contributed by atoms with van der Waals surface area (Å²) in [4.78, 5) is 21.6. The van der Waals surface area contributed by atoms with Gasteiger partial charge in [0.2, 0.25) is 0 Å². The van der Waals surface area contributed by atoms with E-state index in [0.29, 0.717) is 0 Å². The van der Waals surface area contributed by atoms with Gasteiger partial charge in [-0.15, -0.1) is 11.3 Å². The zero-order valence-electron chi connectivity index (χ0n) is 13.4. The lowest BCUT2D eigenvalue weighted by atomic mass is 10.2. The van der Waals surface area contributed by atoms with Crippen LogP contribution in [0.1, 0.15) is 22.3 Å². The van der Waals surface area contributed by atoms with Gasteiger partial charge in [-0.05, 0) is 47.0 Å². The van der Waals surface area contributed by atoms with Crippen LogP contribution in [0.15, 0.2) is 40.5 Å². The lowest BCUT2D eigenvalue weighted by molar-refractivity contribution is 0.0761. The zero-order chi connectivity index (χ0) is 16.4. The topological polar surface area (TPSA) is 36.4 Å². The van der Waals surface area contributed by atoms with Crippen LogP contribution in [0.25, 0.3) is 10.2 Å². The molecule has 124 valence electrons. The SMILES string of the molecule is O=C(c1ccc2ncsc2c1)N1CCCN(Cc2ccsc2)CC1. The maximum atomic E-state index is 12.8. The first-order valence-corrected chi connectivity index (χ1v) is 9.98. The van der Waals surface area contributed by atoms with Crippen LogP contribution in [0.3, 0.4) is 0 Å². The van der Waals surface area contributed by atoms with E-state index in [-0.39, 0.29) is 5.91 Å². The van der Waals surface area contributed by atoms with Crippen LogP contribution in [-0.2, 0) is 6.54 Å². The molecule has 1 aliphatic heterocycles. The summed E-state index contributed by atoms with van der Waals surface area (Å²) >= 11 is 3.33. The first-order chi connectivity index (χ1) is 11.8. The van der Waals surface area contributed by atoms with Gasteiger partial charge in [-0.2, -0.15) is 11.3 Å². The van der Waals surface area contributed by atoms with E-state index >= 15 is 0 Å². The summed E-state index contributed by atoms with van der Waals surface area (Å²) in [5, 5.41) is 4.33. The molecule has 0 spiro atoms. The minimum atomic E-state index is 0.141. The lowest BCUT2D eigenvalue weighted by Gasteiger charge is -2.22. The van der Waals surface area contributed by atoms with E-state index in [9.17, 15) is 4.79 Å². The second-order valence-corrected chi connectivity index (χ2v) is 7.75. The first kappa shape index (κ1) is 15.7. The van der Waals surface area contributed by atoms with E-state index in [1.165, 1.54) is 5.56 Å². The number of nitrogens with zero attached hydrogens (tertiary/aromatic N) is 3. The van der Waals surface area contributed by atoms with Crippen LogP contribution in [0.5, 0.6) is 0 Å². The number of amides is 1. The van der Waals surface area contributed by atoms with Crippen molar-refractivity contribution in [3.05, 3.63) is 51.7 Å². The van der Waals surface area contributed by atoms with Gasteiger partial charge in [0.15, 0.2) is 0 Å². The number of fused-ring (bicyclic) bond motifs is 1. The third-order valence-electron chi connectivity index (χ3n) is 4.44. The summed E-state index contributed by atoms with van der Waals surface area (Å²) in [6.45, 7) is 4.60. The minimum Gasteiger partial charge on any atom is -0.337 e. The molecule has 0 N–H and O–H groups in total. The molecule has 24 heavy (non-hydrogen) atoms. The minimum absolute atomic E-state index is 0.141. The normalized spacial score (nSPS) is 16.4. The zero-order valence-corrected chi connectivity index (χ0v) is 15.0. The van der Waals surface area contributed by atoms with Crippen LogP contribution < -0.4 is 0 Å². The molecule has 4 rings (SSSR count). The lowest BCUT2D eigenvalue weighted by Crippen LogP contribution is -2.35. The van der Waals surface area contributed by atoms with Crippen LogP contribution in [0.4, 0.5) is 0 Å². The molecule has 1 saturated heterocycles. The maximum absolute atomic E-state index is 12.8. The molecule has 6 heteroatoms. The summed E-state index contributed by atoms with van der Waals surface area (Å²) in [7, 11) is 0. The van der Waals surface area contributed by atoms with Crippen LogP contribution in [-0.4, -0.2) is 46.9 Å². The molecule has 1 aliphatic rings. The van der Waals surface area contributed by atoms with Crippen molar-refractivity contribution in [1.29, 1.82) is 0 Å². The predicted octanol–water partition coefficient (Wildman–Crippen LogP) is 3.71. The first-order valence-electron chi connectivity index (χ1n) is 8.15. The van der Waals surface area contributed by atoms with Crippen LogP contribution >= 0.6 is 22.7 Å². The Kier molecular flexibility index (Phi) is 4.60. The average Bonchev–Trinajstić information content (AvgIpc) is 3.22. The Morgan fingerprint density at radius 2 is 2.12 bits per heavy atom. The predicted molar refractivity (Wildman–Crippen MR) is 99.7 cm³/mol. The van der Waals surface area contributed by atoms with Crippen LogP contribution in [0, 0.1) is 0 Å². The third-order valence-corrected chi connectivity index (χ3v) is 5.96. The van der Waals surface area contributed by atoms with Crippen molar-refractivity contribution in [2.24, 2.45) is 0 Å². The number of thiophene rings is 1.